The summed E-state index contributed by atoms with van der Waals surface area (Å²) in [6.45, 7) is 25.2. The number of imide groups is 1. The van der Waals surface area contributed by atoms with Crippen LogP contribution in [0.4, 0.5) is 0 Å². The molecule has 1 N–H and O–H groups in total. The molecule has 7 heteroatoms. The first-order valence-electron chi connectivity index (χ1n) is 11.6. The van der Waals surface area contributed by atoms with Crippen molar-refractivity contribution in [2.24, 2.45) is 5.92 Å². The molecular weight excluding hydrogens is 408 g/mol. The quantitative estimate of drug-likeness (QED) is 0.380. The maximum atomic E-state index is 12.2. The lowest BCUT2D eigenvalue weighted by atomic mass is 10.00. The van der Waals surface area contributed by atoms with Crippen LogP contribution in [0, 0.1) is 5.92 Å². The molecule has 1 fully saturated rings. The van der Waals surface area contributed by atoms with E-state index in [0.29, 0.717) is 19.4 Å². The molecule has 0 spiro atoms. The van der Waals surface area contributed by atoms with Crippen LogP contribution in [0.5, 0.6) is 0 Å². The van der Waals surface area contributed by atoms with Gasteiger partial charge in [0.2, 0.25) is 17.7 Å². The van der Waals surface area contributed by atoms with Gasteiger partial charge in [0.25, 0.3) is 0 Å². The molecular formula is C25H48N2O5. The van der Waals surface area contributed by atoms with Crippen LogP contribution in [0.3, 0.4) is 0 Å². The largest absolute Gasteiger partial charge is 0.373 e. The Labute approximate surface area is 196 Å². The molecule has 0 bridgehead atoms. The minimum atomic E-state index is -0.600. The van der Waals surface area contributed by atoms with Gasteiger partial charge in [-0.05, 0) is 41.0 Å². The van der Waals surface area contributed by atoms with E-state index in [1.807, 2.05) is 55.4 Å². The first kappa shape index (κ1) is 34.6. The van der Waals surface area contributed by atoms with Crippen molar-refractivity contribution in [1.82, 2.24) is 10.2 Å². The van der Waals surface area contributed by atoms with E-state index in [4.69, 9.17) is 4.74 Å². The summed E-state index contributed by atoms with van der Waals surface area (Å²) < 4.78 is 5.89. The first-order valence-corrected chi connectivity index (χ1v) is 11.6. The fraction of sp³-hybridized carbons (Fsp3) is 0.760. The molecule has 1 rings (SSSR count). The Kier molecular flexibility index (Phi) is 18.9. The Balaban J connectivity index is -0.00000129. The van der Waals surface area contributed by atoms with Gasteiger partial charge in [-0.1, -0.05) is 34.6 Å². The van der Waals surface area contributed by atoms with Gasteiger partial charge in [-0.25, -0.2) is 0 Å². The molecule has 0 radical (unpaired) electrons. The van der Waals surface area contributed by atoms with Gasteiger partial charge in [0.1, 0.15) is 5.78 Å². The van der Waals surface area contributed by atoms with Crippen molar-refractivity contribution in [3.05, 3.63) is 13.2 Å². The number of hydrogen-bond acceptors (Lipinski definition) is 5. The van der Waals surface area contributed by atoms with Crippen molar-refractivity contribution in [2.75, 3.05) is 13.2 Å². The number of carbonyl (C=O) groups excluding carboxylic acids is 4. The van der Waals surface area contributed by atoms with Gasteiger partial charge >= 0.3 is 0 Å². The SMILES string of the molecule is C=C.CC.CC.CC(=O)CCC(C)(C)OCC(C)(C)NC(=O)CCN1C(=O)CC(C)C1=O. The van der Waals surface area contributed by atoms with Gasteiger partial charge in [-0.2, -0.15) is 0 Å². The molecule has 188 valence electrons. The van der Waals surface area contributed by atoms with Gasteiger partial charge in [0.15, 0.2) is 0 Å². The second-order valence-corrected chi connectivity index (χ2v) is 8.42. The van der Waals surface area contributed by atoms with Crippen molar-refractivity contribution in [3.63, 3.8) is 0 Å². The molecule has 0 aromatic carbocycles. The number of Topliss-reactive ketones (excluding diaryl/α,β-unsaturated/α-hetero) is 1. The van der Waals surface area contributed by atoms with Gasteiger partial charge < -0.3 is 14.8 Å². The summed E-state index contributed by atoms with van der Waals surface area (Å²) in [7, 11) is 0. The zero-order valence-electron chi connectivity index (χ0n) is 22.2. The summed E-state index contributed by atoms with van der Waals surface area (Å²) in [4.78, 5) is 48.1. The van der Waals surface area contributed by atoms with E-state index in [1.165, 1.54) is 4.90 Å². The zero-order valence-corrected chi connectivity index (χ0v) is 22.2. The normalized spacial score (nSPS) is 15.4. The number of nitrogens with zero attached hydrogens (tertiary/aromatic N) is 1. The van der Waals surface area contributed by atoms with Crippen LogP contribution in [0.2, 0.25) is 0 Å². The second kappa shape index (κ2) is 17.5. The van der Waals surface area contributed by atoms with Gasteiger partial charge in [-0.15, -0.1) is 13.2 Å². The summed E-state index contributed by atoms with van der Waals surface area (Å²) in [5.74, 6) is -0.842. The van der Waals surface area contributed by atoms with Gasteiger partial charge in [-0.3, -0.25) is 19.3 Å². The lowest BCUT2D eigenvalue weighted by molar-refractivity contribution is -0.139. The average molecular weight is 457 g/mol. The summed E-state index contributed by atoms with van der Waals surface area (Å²) in [6, 6.07) is 0. The highest BCUT2D eigenvalue weighted by Gasteiger charge is 2.35. The van der Waals surface area contributed by atoms with E-state index in [0.717, 1.165) is 0 Å². The van der Waals surface area contributed by atoms with Crippen LogP contribution in [-0.4, -0.2) is 52.7 Å². The van der Waals surface area contributed by atoms with Crippen LogP contribution in [-0.2, 0) is 23.9 Å². The predicted octanol–water partition coefficient (Wildman–Crippen LogP) is 4.69. The summed E-state index contributed by atoms with van der Waals surface area (Å²) >= 11 is 0. The first-order chi connectivity index (χ1) is 14.8. The smallest absolute Gasteiger partial charge is 0.232 e. The molecule has 0 saturated carbocycles. The summed E-state index contributed by atoms with van der Waals surface area (Å²) in [6.07, 6.45) is 1.36. The molecule has 1 aliphatic rings. The monoisotopic (exact) mass is 456 g/mol. The molecule has 0 aromatic heterocycles. The lowest BCUT2D eigenvalue weighted by Gasteiger charge is -2.32. The average Bonchev–Trinajstić information content (AvgIpc) is 2.99. The van der Waals surface area contributed by atoms with E-state index in [9.17, 15) is 19.2 Å². The van der Waals surface area contributed by atoms with Crippen LogP contribution in [0.25, 0.3) is 0 Å². The molecule has 1 atom stereocenters. The third kappa shape index (κ3) is 14.9. The Bertz CT molecular complexity index is 585. The topological polar surface area (TPSA) is 92.8 Å². The van der Waals surface area contributed by atoms with Crippen molar-refractivity contribution in [3.8, 4) is 0 Å². The molecule has 7 nitrogen and oxygen atoms in total. The van der Waals surface area contributed by atoms with Crippen LogP contribution in [0.1, 0.15) is 94.9 Å². The van der Waals surface area contributed by atoms with Crippen LogP contribution < -0.4 is 5.32 Å². The Morgan fingerprint density at radius 2 is 1.56 bits per heavy atom. The van der Waals surface area contributed by atoms with Crippen molar-refractivity contribution >= 4 is 23.5 Å². The molecule has 1 unspecified atom stereocenters. The number of ether oxygens (including phenoxy) is 1. The third-order valence-electron chi connectivity index (χ3n) is 4.41. The Morgan fingerprint density at radius 3 is 1.97 bits per heavy atom. The zero-order chi connectivity index (χ0) is 26.1. The minimum Gasteiger partial charge on any atom is -0.373 e. The maximum Gasteiger partial charge on any atom is 0.232 e. The Morgan fingerprint density at radius 1 is 1.06 bits per heavy atom. The fourth-order valence-electron chi connectivity index (χ4n) is 2.70. The van der Waals surface area contributed by atoms with Crippen molar-refractivity contribution in [1.29, 1.82) is 0 Å². The van der Waals surface area contributed by atoms with Crippen LogP contribution >= 0.6 is 0 Å². The maximum absolute atomic E-state index is 12.2. The van der Waals surface area contributed by atoms with Crippen molar-refractivity contribution in [2.45, 2.75) is 106 Å². The molecule has 1 saturated heterocycles. The van der Waals surface area contributed by atoms with E-state index in [2.05, 4.69) is 18.5 Å². The highest BCUT2D eigenvalue weighted by Crippen LogP contribution is 2.20. The fourth-order valence-corrected chi connectivity index (χ4v) is 2.70. The number of carbonyl (C=O) groups is 4. The highest BCUT2D eigenvalue weighted by molar-refractivity contribution is 6.03. The molecule has 32 heavy (non-hydrogen) atoms. The minimum absolute atomic E-state index is 0.0708. The number of amides is 3. The van der Waals surface area contributed by atoms with E-state index in [1.54, 1.807) is 13.8 Å². The van der Waals surface area contributed by atoms with E-state index < -0.39 is 11.1 Å². The van der Waals surface area contributed by atoms with Crippen molar-refractivity contribution < 1.29 is 23.9 Å². The predicted molar refractivity (Wildman–Crippen MR) is 131 cm³/mol. The molecule has 3 amide bonds. The molecule has 1 heterocycles. The Hall–Kier alpha value is -2.02. The number of ketones is 1. The van der Waals surface area contributed by atoms with Crippen LogP contribution in [0.15, 0.2) is 13.2 Å². The van der Waals surface area contributed by atoms with Gasteiger partial charge in [0, 0.05) is 31.7 Å². The van der Waals surface area contributed by atoms with E-state index in [-0.39, 0.29) is 48.8 Å². The number of nitrogens with one attached hydrogen (secondary N) is 1. The summed E-state index contributed by atoms with van der Waals surface area (Å²) in [5.41, 5.74) is -1.06. The highest BCUT2D eigenvalue weighted by atomic mass is 16.5. The number of likely N-dealkylation sites (tertiary alicyclic amines) is 1. The summed E-state index contributed by atoms with van der Waals surface area (Å²) in [5, 5.41) is 2.88. The molecule has 0 aromatic rings. The third-order valence-corrected chi connectivity index (χ3v) is 4.41. The van der Waals surface area contributed by atoms with E-state index >= 15 is 0 Å². The standard InChI is InChI=1S/C19H32N2O5.2C2H6.C2H4/c1-13-11-16(24)21(17(13)25)10-8-15(23)20-18(3,4)12-26-19(5,6)9-7-14(2)22;3*1-2/h13H,7-12H2,1-6H3,(H,20,23);2*1-2H3;1-2H2. The molecule has 0 aliphatic carbocycles. The molecule has 1 aliphatic heterocycles. The number of rotatable bonds is 10. The van der Waals surface area contributed by atoms with Gasteiger partial charge in [0.05, 0.1) is 17.7 Å². The second-order valence-electron chi connectivity index (χ2n) is 8.42. The lowest BCUT2D eigenvalue weighted by Crippen LogP contribution is -2.49. The number of hydrogen-bond donors (Lipinski definition) is 1.